The number of halogens is 3. The molecule has 0 fully saturated rings. The lowest BCUT2D eigenvalue weighted by atomic mass is 10.0. The second-order valence-electron chi connectivity index (χ2n) is 3.98. The molecule has 1 heterocycles. The number of rotatable bonds is 3. The maximum atomic E-state index is 12.5. The smallest absolute Gasteiger partial charge is 0.349 e. The first-order valence-corrected chi connectivity index (χ1v) is 5.07. The van der Waals surface area contributed by atoms with Crippen LogP contribution >= 0.6 is 0 Å². The second-order valence-corrected chi connectivity index (χ2v) is 3.98. The number of aryl methyl sites for hydroxylation is 1. The zero-order valence-electron chi connectivity index (χ0n) is 9.88. The van der Waals surface area contributed by atoms with Gasteiger partial charge in [-0.3, -0.25) is 4.79 Å². The number of carbonyl (C=O) groups excluding carboxylic acids is 1. The number of carbonyl (C=O) groups is 1. The number of nitrogens with one attached hydrogen (secondary N) is 1. The van der Waals surface area contributed by atoms with Gasteiger partial charge in [0.15, 0.2) is 5.54 Å². The molecule has 3 N–H and O–H groups in total. The van der Waals surface area contributed by atoms with E-state index in [0.717, 1.165) is 0 Å². The van der Waals surface area contributed by atoms with Crippen LogP contribution in [0.3, 0.4) is 0 Å². The SMILES string of the molecule is Cc1nccc(CNC(=O)C(C)(N)C(F)(F)F)n1. The van der Waals surface area contributed by atoms with Crippen molar-refractivity contribution in [1.29, 1.82) is 0 Å². The third-order valence-electron chi connectivity index (χ3n) is 2.32. The van der Waals surface area contributed by atoms with E-state index in [9.17, 15) is 18.0 Å². The van der Waals surface area contributed by atoms with Crippen molar-refractivity contribution in [2.24, 2.45) is 5.73 Å². The first-order valence-electron chi connectivity index (χ1n) is 5.07. The lowest BCUT2D eigenvalue weighted by Gasteiger charge is -2.26. The maximum Gasteiger partial charge on any atom is 0.415 e. The molecular weight excluding hydrogens is 249 g/mol. The molecule has 0 bridgehead atoms. The van der Waals surface area contributed by atoms with Gasteiger partial charge in [0.1, 0.15) is 5.82 Å². The van der Waals surface area contributed by atoms with Crippen LogP contribution in [-0.2, 0) is 11.3 Å². The van der Waals surface area contributed by atoms with Gasteiger partial charge in [-0.25, -0.2) is 9.97 Å². The van der Waals surface area contributed by atoms with Crippen molar-refractivity contribution >= 4 is 5.91 Å². The maximum absolute atomic E-state index is 12.5. The molecule has 0 aliphatic heterocycles. The number of nitrogens with zero attached hydrogens (tertiary/aromatic N) is 2. The molecule has 0 radical (unpaired) electrons. The summed E-state index contributed by atoms with van der Waals surface area (Å²) < 4.78 is 37.4. The van der Waals surface area contributed by atoms with Crippen molar-refractivity contribution in [2.45, 2.75) is 32.1 Å². The van der Waals surface area contributed by atoms with E-state index < -0.39 is 17.6 Å². The Morgan fingerprint density at radius 1 is 1.50 bits per heavy atom. The van der Waals surface area contributed by atoms with E-state index in [4.69, 9.17) is 5.73 Å². The summed E-state index contributed by atoms with van der Waals surface area (Å²) in [4.78, 5) is 19.1. The highest BCUT2D eigenvalue weighted by molar-refractivity contribution is 5.86. The molecule has 0 aliphatic carbocycles. The molecule has 1 aromatic heterocycles. The van der Waals surface area contributed by atoms with Crippen LogP contribution in [0.4, 0.5) is 13.2 Å². The Morgan fingerprint density at radius 3 is 2.61 bits per heavy atom. The van der Waals surface area contributed by atoms with Crippen LogP contribution in [0.2, 0.25) is 0 Å². The van der Waals surface area contributed by atoms with E-state index in [0.29, 0.717) is 18.4 Å². The fraction of sp³-hybridized carbons (Fsp3) is 0.500. The molecule has 1 aromatic rings. The predicted molar refractivity (Wildman–Crippen MR) is 57.3 cm³/mol. The molecule has 0 aromatic carbocycles. The van der Waals surface area contributed by atoms with Crippen molar-refractivity contribution in [2.75, 3.05) is 0 Å². The minimum absolute atomic E-state index is 0.134. The first kappa shape index (κ1) is 14.4. The summed E-state index contributed by atoms with van der Waals surface area (Å²) in [5.74, 6) is -0.834. The Hall–Kier alpha value is -1.70. The molecule has 0 aliphatic rings. The van der Waals surface area contributed by atoms with Gasteiger partial charge in [0.05, 0.1) is 12.2 Å². The summed E-state index contributed by atoms with van der Waals surface area (Å²) in [5.41, 5.74) is 2.45. The molecule has 18 heavy (non-hydrogen) atoms. The molecule has 0 spiro atoms. The highest BCUT2D eigenvalue weighted by Crippen LogP contribution is 2.27. The van der Waals surface area contributed by atoms with Gasteiger partial charge >= 0.3 is 6.18 Å². The normalized spacial score (nSPS) is 15.0. The second kappa shape index (κ2) is 4.89. The van der Waals surface area contributed by atoms with Crippen LogP contribution in [0, 0.1) is 6.92 Å². The fourth-order valence-electron chi connectivity index (χ4n) is 1.09. The number of hydrogen-bond donors (Lipinski definition) is 2. The number of nitrogens with two attached hydrogens (primary N) is 1. The molecule has 100 valence electrons. The highest BCUT2D eigenvalue weighted by Gasteiger charge is 2.53. The monoisotopic (exact) mass is 262 g/mol. The lowest BCUT2D eigenvalue weighted by molar-refractivity contribution is -0.187. The van der Waals surface area contributed by atoms with Gasteiger partial charge in [-0.15, -0.1) is 0 Å². The number of alkyl halides is 3. The van der Waals surface area contributed by atoms with Crippen molar-refractivity contribution in [3.05, 3.63) is 23.8 Å². The zero-order valence-corrected chi connectivity index (χ0v) is 9.88. The van der Waals surface area contributed by atoms with Crippen molar-refractivity contribution in [1.82, 2.24) is 15.3 Å². The predicted octanol–water partition coefficient (Wildman–Crippen LogP) is 0.681. The summed E-state index contributed by atoms with van der Waals surface area (Å²) in [7, 11) is 0. The van der Waals surface area contributed by atoms with Gasteiger partial charge in [-0.1, -0.05) is 0 Å². The number of hydrogen-bond acceptors (Lipinski definition) is 4. The Bertz CT molecular complexity index is 445. The number of aromatic nitrogens is 2. The first-order chi connectivity index (χ1) is 8.14. The molecule has 1 amide bonds. The molecule has 0 saturated carbocycles. The van der Waals surface area contributed by atoms with Crippen LogP contribution in [0.1, 0.15) is 18.4 Å². The average molecular weight is 262 g/mol. The molecule has 1 atom stereocenters. The summed E-state index contributed by atoms with van der Waals surface area (Å²) in [6.07, 6.45) is -3.35. The van der Waals surface area contributed by atoms with E-state index in [1.165, 1.54) is 12.3 Å². The van der Waals surface area contributed by atoms with Crippen LogP contribution in [0.25, 0.3) is 0 Å². The van der Waals surface area contributed by atoms with Gasteiger partial charge in [0, 0.05) is 6.20 Å². The van der Waals surface area contributed by atoms with Crippen molar-refractivity contribution in [3.63, 3.8) is 0 Å². The standard InChI is InChI=1S/C10H13F3N4O/c1-6-15-4-3-7(17-6)5-16-8(18)9(2,14)10(11,12)13/h3-4H,5,14H2,1-2H3,(H,16,18). The molecule has 0 saturated heterocycles. The van der Waals surface area contributed by atoms with Gasteiger partial charge < -0.3 is 11.1 Å². The van der Waals surface area contributed by atoms with Gasteiger partial charge in [0.2, 0.25) is 5.91 Å². The third kappa shape index (κ3) is 3.16. The van der Waals surface area contributed by atoms with Crippen LogP contribution in [0.5, 0.6) is 0 Å². The molecule has 8 heteroatoms. The Kier molecular flexibility index (Phi) is 3.90. The summed E-state index contributed by atoms with van der Waals surface area (Å²) in [6, 6.07) is 1.49. The topological polar surface area (TPSA) is 80.9 Å². The Morgan fingerprint density at radius 2 is 2.11 bits per heavy atom. The molecule has 1 unspecified atom stereocenters. The fourth-order valence-corrected chi connectivity index (χ4v) is 1.09. The van der Waals surface area contributed by atoms with E-state index in [1.54, 1.807) is 6.92 Å². The van der Waals surface area contributed by atoms with Crippen molar-refractivity contribution in [3.8, 4) is 0 Å². The Labute approximate surface area is 102 Å². The van der Waals surface area contributed by atoms with E-state index in [-0.39, 0.29) is 6.54 Å². The largest absolute Gasteiger partial charge is 0.415 e. The molecule has 5 nitrogen and oxygen atoms in total. The summed E-state index contributed by atoms with van der Waals surface area (Å²) >= 11 is 0. The van der Waals surface area contributed by atoms with Gasteiger partial charge in [0.25, 0.3) is 0 Å². The van der Waals surface area contributed by atoms with Crippen LogP contribution in [0.15, 0.2) is 12.3 Å². The van der Waals surface area contributed by atoms with E-state index in [1.807, 2.05) is 0 Å². The van der Waals surface area contributed by atoms with E-state index in [2.05, 4.69) is 15.3 Å². The van der Waals surface area contributed by atoms with Crippen molar-refractivity contribution < 1.29 is 18.0 Å². The summed E-state index contributed by atoms with van der Waals surface area (Å²) in [5, 5.41) is 2.10. The Balaban J connectivity index is 2.67. The van der Waals surface area contributed by atoms with Gasteiger partial charge in [-0.05, 0) is 19.9 Å². The summed E-state index contributed by atoms with van der Waals surface area (Å²) in [6.45, 7) is 2.12. The van der Waals surface area contributed by atoms with Gasteiger partial charge in [-0.2, -0.15) is 13.2 Å². The minimum atomic E-state index is -4.81. The molecular formula is C10H13F3N4O. The zero-order chi connectivity index (χ0) is 14.0. The molecule has 1 rings (SSSR count). The van der Waals surface area contributed by atoms with Crippen LogP contribution in [-0.4, -0.2) is 27.6 Å². The minimum Gasteiger partial charge on any atom is -0.349 e. The van der Waals surface area contributed by atoms with E-state index >= 15 is 0 Å². The third-order valence-corrected chi connectivity index (χ3v) is 2.32. The average Bonchev–Trinajstić information content (AvgIpc) is 2.24. The lowest BCUT2D eigenvalue weighted by Crippen LogP contribution is -2.61. The van der Waals surface area contributed by atoms with Crippen LogP contribution < -0.4 is 11.1 Å². The quantitative estimate of drug-likeness (QED) is 0.839. The number of amides is 1. The highest BCUT2D eigenvalue weighted by atomic mass is 19.4.